The Bertz CT molecular complexity index is 1070. The quantitative estimate of drug-likeness (QED) is 0.766. The molecule has 29 heavy (non-hydrogen) atoms. The summed E-state index contributed by atoms with van der Waals surface area (Å²) in [4.78, 5) is 39.0. The number of nitrogens with one attached hydrogen (secondary N) is 1. The van der Waals surface area contributed by atoms with E-state index in [0.717, 1.165) is 16.6 Å². The standard InChI is InChI=1S/C20H24N4O5/c1-4-5-10-23-19(27)17(18(26)21-20(23)28)14-11-15(24(22-14)12(2)25)13-8-6-7-9-16(13)29-3/h6-9,15,27H,4-5,10-11H2,1-3H3,(H,21,26,28). The zero-order valence-electron chi connectivity index (χ0n) is 16.6. The number of amides is 1. The van der Waals surface area contributed by atoms with Crippen LogP contribution in [0.1, 0.15) is 50.3 Å². The van der Waals surface area contributed by atoms with Gasteiger partial charge in [0, 0.05) is 25.5 Å². The lowest BCUT2D eigenvalue weighted by Crippen LogP contribution is -2.33. The van der Waals surface area contributed by atoms with Gasteiger partial charge in [0.2, 0.25) is 11.8 Å². The highest BCUT2D eigenvalue weighted by Gasteiger charge is 2.35. The molecule has 1 unspecified atom stereocenters. The molecule has 0 saturated heterocycles. The maximum Gasteiger partial charge on any atom is 0.331 e. The number of ether oxygens (including phenoxy) is 1. The first kappa shape index (κ1) is 20.4. The summed E-state index contributed by atoms with van der Waals surface area (Å²) in [6, 6.07) is 6.75. The number of H-pyrrole nitrogens is 1. The van der Waals surface area contributed by atoms with E-state index in [4.69, 9.17) is 4.74 Å². The molecule has 9 nitrogen and oxygen atoms in total. The number of benzene rings is 1. The number of hydrazone groups is 1. The molecular weight excluding hydrogens is 376 g/mol. The van der Waals surface area contributed by atoms with Gasteiger partial charge in [0.15, 0.2) is 0 Å². The van der Waals surface area contributed by atoms with Gasteiger partial charge in [0.1, 0.15) is 11.3 Å². The van der Waals surface area contributed by atoms with Crippen LogP contribution >= 0.6 is 0 Å². The number of para-hydroxylation sites is 1. The first-order valence-electron chi connectivity index (χ1n) is 9.45. The number of methoxy groups -OCH3 is 1. The summed E-state index contributed by atoms with van der Waals surface area (Å²) in [5.41, 5.74) is -0.528. The summed E-state index contributed by atoms with van der Waals surface area (Å²) in [5, 5.41) is 16.2. The third-order valence-electron chi connectivity index (χ3n) is 4.93. The van der Waals surface area contributed by atoms with Gasteiger partial charge in [-0.05, 0) is 12.5 Å². The summed E-state index contributed by atoms with van der Waals surface area (Å²) in [7, 11) is 1.54. The van der Waals surface area contributed by atoms with Crippen LogP contribution in [0.25, 0.3) is 0 Å². The molecule has 0 saturated carbocycles. The molecular formula is C20H24N4O5. The Kier molecular flexibility index (Phi) is 5.86. The molecule has 0 fully saturated rings. The summed E-state index contributed by atoms with van der Waals surface area (Å²) in [6.07, 6.45) is 1.67. The van der Waals surface area contributed by atoms with Crippen molar-refractivity contribution < 1.29 is 14.6 Å². The molecule has 1 atom stereocenters. The lowest BCUT2D eigenvalue weighted by Gasteiger charge is -2.22. The second kappa shape index (κ2) is 8.34. The molecule has 1 aliphatic heterocycles. The van der Waals surface area contributed by atoms with Gasteiger partial charge in [-0.25, -0.2) is 9.80 Å². The summed E-state index contributed by atoms with van der Waals surface area (Å²) in [5.74, 6) is -0.160. The number of aromatic hydroxyl groups is 1. The Labute approximate surface area is 167 Å². The Hall–Kier alpha value is -3.36. The van der Waals surface area contributed by atoms with Crippen molar-refractivity contribution >= 4 is 11.6 Å². The van der Waals surface area contributed by atoms with Crippen molar-refractivity contribution in [2.45, 2.75) is 45.7 Å². The van der Waals surface area contributed by atoms with Gasteiger partial charge in [0.05, 0.1) is 18.9 Å². The molecule has 3 rings (SSSR count). The molecule has 0 bridgehead atoms. The number of nitrogens with zero attached hydrogens (tertiary/aromatic N) is 3. The molecule has 1 amide bonds. The molecule has 1 aromatic carbocycles. The predicted octanol–water partition coefficient (Wildman–Crippen LogP) is 1.75. The second-order valence-electron chi connectivity index (χ2n) is 6.84. The molecule has 154 valence electrons. The van der Waals surface area contributed by atoms with E-state index in [1.54, 1.807) is 6.07 Å². The SMILES string of the molecule is CCCCn1c(O)c(C2=NN(C(C)=O)C(c3ccccc3OC)C2)c(=O)[nH]c1=O. The minimum Gasteiger partial charge on any atom is -0.496 e. The number of carbonyl (C=O) groups is 1. The number of hydrogen-bond acceptors (Lipinski definition) is 6. The Morgan fingerprint density at radius 3 is 2.72 bits per heavy atom. The van der Waals surface area contributed by atoms with Crippen LogP contribution in [0.4, 0.5) is 0 Å². The number of unbranched alkanes of at least 4 members (excludes halogenated alkanes) is 1. The third-order valence-corrected chi connectivity index (χ3v) is 4.93. The van der Waals surface area contributed by atoms with Gasteiger partial charge >= 0.3 is 5.69 Å². The fraction of sp³-hybridized carbons (Fsp3) is 0.400. The first-order chi connectivity index (χ1) is 13.9. The van der Waals surface area contributed by atoms with Crippen molar-refractivity contribution in [3.63, 3.8) is 0 Å². The van der Waals surface area contributed by atoms with Crippen molar-refractivity contribution in [1.82, 2.24) is 14.6 Å². The van der Waals surface area contributed by atoms with Crippen molar-refractivity contribution in [2.75, 3.05) is 7.11 Å². The van der Waals surface area contributed by atoms with Crippen LogP contribution in [0.2, 0.25) is 0 Å². The van der Waals surface area contributed by atoms with E-state index < -0.39 is 23.2 Å². The number of carbonyl (C=O) groups excluding carboxylic acids is 1. The van der Waals surface area contributed by atoms with E-state index in [2.05, 4.69) is 10.1 Å². The van der Waals surface area contributed by atoms with E-state index >= 15 is 0 Å². The molecule has 2 aromatic rings. The maximum atomic E-state index is 12.5. The van der Waals surface area contributed by atoms with Gasteiger partial charge in [-0.2, -0.15) is 5.10 Å². The lowest BCUT2D eigenvalue weighted by atomic mass is 9.98. The van der Waals surface area contributed by atoms with Gasteiger partial charge in [-0.15, -0.1) is 0 Å². The second-order valence-corrected chi connectivity index (χ2v) is 6.84. The van der Waals surface area contributed by atoms with E-state index in [1.165, 1.54) is 19.0 Å². The van der Waals surface area contributed by atoms with Crippen LogP contribution in [0.15, 0.2) is 39.0 Å². The normalized spacial score (nSPS) is 16.0. The molecule has 0 radical (unpaired) electrons. The zero-order valence-corrected chi connectivity index (χ0v) is 16.6. The Balaban J connectivity index is 2.09. The van der Waals surface area contributed by atoms with Crippen molar-refractivity contribution in [3.8, 4) is 11.6 Å². The molecule has 9 heteroatoms. The van der Waals surface area contributed by atoms with Crippen LogP contribution in [0.3, 0.4) is 0 Å². The maximum absolute atomic E-state index is 12.5. The van der Waals surface area contributed by atoms with Crippen LogP contribution in [0, 0.1) is 0 Å². The number of aromatic nitrogens is 2. The molecule has 2 N–H and O–H groups in total. The molecule has 1 aromatic heterocycles. The van der Waals surface area contributed by atoms with Crippen molar-refractivity contribution in [1.29, 1.82) is 0 Å². The molecule has 2 heterocycles. The number of hydrogen-bond donors (Lipinski definition) is 2. The van der Waals surface area contributed by atoms with Crippen molar-refractivity contribution in [2.24, 2.45) is 5.10 Å². The highest BCUT2D eigenvalue weighted by Crippen LogP contribution is 2.37. The van der Waals surface area contributed by atoms with E-state index in [9.17, 15) is 19.5 Å². The Morgan fingerprint density at radius 1 is 1.34 bits per heavy atom. The number of aromatic amines is 1. The third kappa shape index (κ3) is 3.80. The largest absolute Gasteiger partial charge is 0.496 e. The fourth-order valence-electron chi connectivity index (χ4n) is 3.48. The summed E-state index contributed by atoms with van der Waals surface area (Å²) >= 11 is 0. The fourth-order valence-corrected chi connectivity index (χ4v) is 3.48. The number of rotatable bonds is 6. The minimum absolute atomic E-state index is 0.0932. The van der Waals surface area contributed by atoms with Gasteiger partial charge in [0.25, 0.3) is 5.56 Å². The minimum atomic E-state index is -0.733. The topological polar surface area (TPSA) is 117 Å². The van der Waals surface area contributed by atoms with Gasteiger partial charge in [-0.3, -0.25) is 19.1 Å². The smallest absolute Gasteiger partial charge is 0.331 e. The average molecular weight is 400 g/mol. The van der Waals surface area contributed by atoms with Gasteiger partial charge in [-0.1, -0.05) is 31.5 Å². The van der Waals surface area contributed by atoms with Gasteiger partial charge < -0.3 is 9.84 Å². The first-order valence-corrected chi connectivity index (χ1v) is 9.45. The molecule has 1 aliphatic rings. The van der Waals surface area contributed by atoms with E-state index in [-0.39, 0.29) is 30.1 Å². The highest BCUT2D eigenvalue weighted by molar-refractivity contribution is 6.04. The summed E-state index contributed by atoms with van der Waals surface area (Å²) < 4.78 is 6.52. The van der Waals surface area contributed by atoms with E-state index in [1.807, 2.05) is 25.1 Å². The molecule has 0 aliphatic carbocycles. The Morgan fingerprint density at radius 2 is 2.07 bits per heavy atom. The molecule has 0 spiro atoms. The van der Waals surface area contributed by atoms with Crippen LogP contribution in [-0.4, -0.2) is 38.4 Å². The zero-order chi connectivity index (χ0) is 21.1. The van der Waals surface area contributed by atoms with Crippen LogP contribution in [-0.2, 0) is 11.3 Å². The van der Waals surface area contributed by atoms with Crippen LogP contribution < -0.4 is 16.0 Å². The van der Waals surface area contributed by atoms with Crippen molar-refractivity contribution in [3.05, 3.63) is 56.2 Å². The van der Waals surface area contributed by atoms with Crippen LogP contribution in [0.5, 0.6) is 11.6 Å². The lowest BCUT2D eigenvalue weighted by molar-refractivity contribution is -0.130. The predicted molar refractivity (Wildman–Crippen MR) is 107 cm³/mol. The monoisotopic (exact) mass is 400 g/mol. The average Bonchev–Trinajstić information content (AvgIpc) is 3.12. The summed E-state index contributed by atoms with van der Waals surface area (Å²) in [6.45, 7) is 3.60. The van der Waals surface area contributed by atoms with E-state index in [0.29, 0.717) is 12.2 Å². The highest BCUT2D eigenvalue weighted by atomic mass is 16.5.